The molecule has 0 aliphatic carbocycles. The van der Waals surface area contributed by atoms with Crippen molar-refractivity contribution >= 4 is 11.9 Å². The van der Waals surface area contributed by atoms with Gasteiger partial charge in [0, 0.05) is 13.1 Å². The first kappa shape index (κ1) is 17.0. The lowest BCUT2D eigenvalue weighted by atomic mass is 10.00. The molecule has 0 saturated heterocycles. The molecule has 0 N–H and O–H groups in total. The highest BCUT2D eigenvalue weighted by atomic mass is 16.5. The van der Waals surface area contributed by atoms with Crippen LogP contribution in [-0.4, -0.2) is 37.0 Å². The summed E-state index contributed by atoms with van der Waals surface area (Å²) < 4.78 is 10.4. The van der Waals surface area contributed by atoms with Crippen LogP contribution in [0.3, 0.4) is 0 Å². The summed E-state index contributed by atoms with van der Waals surface area (Å²) in [7, 11) is 1.55. The van der Waals surface area contributed by atoms with E-state index >= 15 is 0 Å². The van der Waals surface area contributed by atoms with Crippen LogP contribution in [0, 0.1) is 6.92 Å². The highest BCUT2D eigenvalue weighted by Gasteiger charge is 2.21. The molecule has 25 heavy (non-hydrogen) atoms. The molecular weight excluding hydrogens is 318 g/mol. The third-order valence-electron chi connectivity index (χ3n) is 4.45. The van der Waals surface area contributed by atoms with E-state index in [9.17, 15) is 9.59 Å². The number of benzene rings is 2. The molecule has 0 unspecified atom stereocenters. The molecule has 0 aromatic heterocycles. The summed E-state index contributed by atoms with van der Waals surface area (Å²) >= 11 is 0. The number of methoxy groups -OCH3 is 1. The van der Waals surface area contributed by atoms with Gasteiger partial charge < -0.3 is 14.4 Å². The van der Waals surface area contributed by atoms with E-state index in [1.165, 1.54) is 5.56 Å². The van der Waals surface area contributed by atoms with Crippen molar-refractivity contribution in [3.05, 3.63) is 64.7 Å². The highest BCUT2D eigenvalue weighted by Crippen LogP contribution is 2.20. The summed E-state index contributed by atoms with van der Waals surface area (Å²) in [6.45, 7) is 2.85. The Kier molecular flexibility index (Phi) is 5.03. The van der Waals surface area contributed by atoms with E-state index in [0.29, 0.717) is 24.4 Å². The number of hydrogen-bond acceptors (Lipinski definition) is 4. The van der Waals surface area contributed by atoms with E-state index < -0.39 is 5.97 Å². The standard InChI is InChI=1S/C20H21NO4/c1-14-7-8-16(11-18(14)24-2)20(23)25-13-19(22)21-10-9-15-5-3-4-6-17(15)12-21/h3-8,11H,9-10,12-13H2,1-2H3. The Bertz CT molecular complexity index is 800. The molecule has 2 aromatic carbocycles. The lowest BCUT2D eigenvalue weighted by Gasteiger charge is -2.28. The molecule has 1 aliphatic heterocycles. The number of carbonyl (C=O) groups is 2. The minimum Gasteiger partial charge on any atom is -0.496 e. The zero-order valence-electron chi connectivity index (χ0n) is 14.5. The van der Waals surface area contributed by atoms with Gasteiger partial charge in [-0.2, -0.15) is 0 Å². The molecule has 5 nitrogen and oxygen atoms in total. The second-order valence-corrected chi connectivity index (χ2v) is 6.09. The number of rotatable bonds is 4. The first-order valence-electron chi connectivity index (χ1n) is 8.25. The third-order valence-corrected chi connectivity index (χ3v) is 4.45. The van der Waals surface area contributed by atoms with E-state index in [-0.39, 0.29) is 12.5 Å². The lowest BCUT2D eigenvalue weighted by Crippen LogP contribution is -2.38. The van der Waals surface area contributed by atoms with Crippen molar-refractivity contribution in [2.75, 3.05) is 20.3 Å². The van der Waals surface area contributed by atoms with Crippen LogP contribution in [-0.2, 0) is 22.5 Å². The average molecular weight is 339 g/mol. The van der Waals surface area contributed by atoms with E-state index in [1.807, 2.05) is 25.1 Å². The molecule has 3 rings (SSSR count). The Balaban J connectivity index is 1.58. The monoisotopic (exact) mass is 339 g/mol. The Morgan fingerprint density at radius 2 is 1.88 bits per heavy atom. The predicted octanol–water partition coefficient (Wildman–Crippen LogP) is 2.75. The van der Waals surface area contributed by atoms with Gasteiger partial charge in [-0.25, -0.2) is 4.79 Å². The maximum absolute atomic E-state index is 12.3. The molecule has 0 radical (unpaired) electrons. The van der Waals surface area contributed by atoms with Gasteiger partial charge in [0.1, 0.15) is 5.75 Å². The summed E-state index contributed by atoms with van der Waals surface area (Å²) in [5.41, 5.74) is 3.73. The first-order chi connectivity index (χ1) is 12.1. The van der Waals surface area contributed by atoms with E-state index in [0.717, 1.165) is 17.5 Å². The molecule has 0 bridgehead atoms. The van der Waals surface area contributed by atoms with Crippen LogP contribution >= 0.6 is 0 Å². The van der Waals surface area contributed by atoms with Crippen LogP contribution in [0.15, 0.2) is 42.5 Å². The number of nitrogens with zero attached hydrogens (tertiary/aromatic N) is 1. The van der Waals surface area contributed by atoms with Gasteiger partial charge in [0.25, 0.3) is 5.91 Å². The van der Waals surface area contributed by atoms with Gasteiger partial charge >= 0.3 is 5.97 Å². The van der Waals surface area contributed by atoms with Crippen molar-refractivity contribution in [2.24, 2.45) is 0 Å². The summed E-state index contributed by atoms with van der Waals surface area (Å²) in [5.74, 6) is -0.0839. The second kappa shape index (κ2) is 7.38. The topological polar surface area (TPSA) is 55.8 Å². The van der Waals surface area contributed by atoms with E-state index in [4.69, 9.17) is 9.47 Å². The molecule has 130 valence electrons. The number of amides is 1. The van der Waals surface area contributed by atoms with Crippen LogP contribution in [0.1, 0.15) is 27.0 Å². The Morgan fingerprint density at radius 1 is 1.12 bits per heavy atom. The maximum atomic E-state index is 12.3. The van der Waals surface area contributed by atoms with Crippen molar-refractivity contribution in [3.63, 3.8) is 0 Å². The van der Waals surface area contributed by atoms with Gasteiger partial charge in [-0.1, -0.05) is 30.3 Å². The summed E-state index contributed by atoms with van der Waals surface area (Å²) in [6.07, 6.45) is 0.824. The summed E-state index contributed by atoms with van der Waals surface area (Å²) in [5, 5.41) is 0. The van der Waals surface area contributed by atoms with E-state index in [2.05, 4.69) is 6.07 Å². The molecule has 0 atom stereocenters. The molecule has 1 aliphatic rings. The zero-order valence-corrected chi connectivity index (χ0v) is 14.5. The number of aryl methyl sites for hydroxylation is 1. The zero-order chi connectivity index (χ0) is 17.8. The van der Waals surface area contributed by atoms with E-state index in [1.54, 1.807) is 30.2 Å². The number of esters is 1. The molecule has 0 saturated carbocycles. The number of ether oxygens (including phenoxy) is 2. The first-order valence-corrected chi connectivity index (χ1v) is 8.25. The SMILES string of the molecule is COc1cc(C(=O)OCC(=O)N2CCc3ccccc3C2)ccc1C. The largest absolute Gasteiger partial charge is 0.496 e. The smallest absolute Gasteiger partial charge is 0.338 e. The fraction of sp³-hybridized carbons (Fsp3) is 0.300. The van der Waals surface area contributed by atoms with Crippen molar-refractivity contribution < 1.29 is 19.1 Å². The van der Waals surface area contributed by atoms with Gasteiger partial charge in [0.2, 0.25) is 0 Å². The number of fused-ring (bicyclic) bond motifs is 1. The van der Waals surface area contributed by atoms with Gasteiger partial charge in [-0.15, -0.1) is 0 Å². The molecule has 2 aromatic rings. The second-order valence-electron chi connectivity index (χ2n) is 6.09. The molecule has 0 spiro atoms. The third kappa shape index (κ3) is 3.82. The van der Waals surface area contributed by atoms with Crippen molar-refractivity contribution in [3.8, 4) is 5.75 Å². The Morgan fingerprint density at radius 3 is 2.64 bits per heavy atom. The van der Waals surface area contributed by atoms with Crippen LogP contribution in [0.2, 0.25) is 0 Å². The van der Waals surface area contributed by atoms with Crippen molar-refractivity contribution in [1.29, 1.82) is 0 Å². The fourth-order valence-electron chi connectivity index (χ4n) is 2.96. The van der Waals surface area contributed by atoms with Gasteiger partial charge in [-0.05, 0) is 42.2 Å². The quantitative estimate of drug-likeness (QED) is 0.804. The van der Waals surface area contributed by atoms with Gasteiger partial charge in [0.05, 0.1) is 12.7 Å². The predicted molar refractivity (Wildman–Crippen MR) is 93.6 cm³/mol. The number of carbonyl (C=O) groups excluding carboxylic acids is 2. The molecule has 1 amide bonds. The number of hydrogen-bond donors (Lipinski definition) is 0. The van der Waals surface area contributed by atoms with Crippen LogP contribution in [0.5, 0.6) is 5.75 Å². The lowest BCUT2D eigenvalue weighted by molar-refractivity contribution is -0.135. The van der Waals surface area contributed by atoms with Crippen LogP contribution in [0.25, 0.3) is 0 Å². The minimum atomic E-state index is -0.524. The maximum Gasteiger partial charge on any atom is 0.338 e. The molecule has 5 heteroatoms. The van der Waals surface area contributed by atoms with Crippen molar-refractivity contribution in [2.45, 2.75) is 19.9 Å². The normalized spacial score (nSPS) is 13.1. The van der Waals surface area contributed by atoms with Crippen molar-refractivity contribution in [1.82, 2.24) is 4.90 Å². The minimum absolute atomic E-state index is 0.179. The Hall–Kier alpha value is -2.82. The fourth-order valence-corrected chi connectivity index (χ4v) is 2.96. The van der Waals surface area contributed by atoms with Gasteiger partial charge in [-0.3, -0.25) is 4.79 Å². The molecular formula is C20H21NO4. The van der Waals surface area contributed by atoms with Crippen LogP contribution in [0.4, 0.5) is 0 Å². The Labute approximate surface area is 147 Å². The van der Waals surface area contributed by atoms with Crippen LogP contribution < -0.4 is 4.74 Å². The highest BCUT2D eigenvalue weighted by molar-refractivity contribution is 5.91. The molecule has 1 heterocycles. The summed E-state index contributed by atoms with van der Waals surface area (Å²) in [4.78, 5) is 26.2. The average Bonchev–Trinajstić information content (AvgIpc) is 2.65. The van der Waals surface area contributed by atoms with Gasteiger partial charge in [0.15, 0.2) is 6.61 Å². The summed E-state index contributed by atoms with van der Waals surface area (Å²) in [6, 6.07) is 13.2. The molecule has 0 fully saturated rings.